The van der Waals surface area contributed by atoms with Crippen LogP contribution in [0.3, 0.4) is 0 Å². The van der Waals surface area contributed by atoms with Gasteiger partial charge in [-0.3, -0.25) is 4.79 Å². The highest BCUT2D eigenvalue weighted by Crippen LogP contribution is 2.32. The van der Waals surface area contributed by atoms with E-state index in [2.05, 4.69) is 0 Å². The molecule has 0 bridgehead atoms. The van der Waals surface area contributed by atoms with E-state index in [-0.39, 0.29) is 23.9 Å². The maximum atomic E-state index is 12.1. The summed E-state index contributed by atoms with van der Waals surface area (Å²) in [5, 5.41) is 9.59. The molecule has 1 heterocycles. The molecule has 118 valence electrons. The van der Waals surface area contributed by atoms with Gasteiger partial charge in [0.1, 0.15) is 5.75 Å². The smallest absolute Gasteiger partial charge is 0.338 e. The van der Waals surface area contributed by atoms with Crippen LogP contribution in [0.4, 0.5) is 0 Å². The largest absolute Gasteiger partial charge is 0.508 e. The Labute approximate surface area is 132 Å². The van der Waals surface area contributed by atoms with Crippen molar-refractivity contribution in [2.75, 3.05) is 13.4 Å². The van der Waals surface area contributed by atoms with E-state index in [0.717, 1.165) is 0 Å². The minimum Gasteiger partial charge on any atom is -0.508 e. The van der Waals surface area contributed by atoms with Gasteiger partial charge in [0.25, 0.3) is 0 Å². The molecule has 3 rings (SSSR count). The number of Topliss-reactive ketones (excluding diaryl/α,β-unsaturated/α-hetero) is 1. The lowest BCUT2D eigenvalue weighted by atomic mass is 10.1. The number of phenolic OH excluding ortho intramolecular Hbond substituents is 1. The van der Waals surface area contributed by atoms with E-state index in [4.69, 9.17) is 14.2 Å². The van der Waals surface area contributed by atoms with E-state index in [9.17, 15) is 14.7 Å². The average Bonchev–Trinajstić information content (AvgIpc) is 3.02. The zero-order valence-corrected chi connectivity index (χ0v) is 12.4. The molecule has 1 aliphatic heterocycles. The highest BCUT2D eigenvalue weighted by molar-refractivity contribution is 5.99. The van der Waals surface area contributed by atoms with Crippen molar-refractivity contribution in [1.29, 1.82) is 0 Å². The van der Waals surface area contributed by atoms with Crippen LogP contribution in [0.2, 0.25) is 0 Å². The van der Waals surface area contributed by atoms with Crippen LogP contribution >= 0.6 is 0 Å². The highest BCUT2D eigenvalue weighted by Gasteiger charge is 2.18. The van der Waals surface area contributed by atoms with Gasteiger partial charge in [-0.15, -0.1) is 0 Å². The quantitative estimate of drug-likeness (QED) is 0.689. The second-order valence-electron chi connectivity index (χ2n) is 5.07. The van der Waals surface area contributed by atoms with Gasteiger partial charge in [0, 0.05) is 5.56 Å². The van der Waals surface area contributed by atoms with Crippen LogP contribution in [-0.2, 0) is 4.74 Å². The molecule has 23 heavy (non-hydrogen) atoms. The van der Waals surface area contributed by atoms with Crippen LogP contribution in [0, 0.1) is 6.92 Å². The summed E-state index contributed by atoms with van der Waals surface area (Å²) in [7, 11) is 0. The van der Waals surface area contributed by atoms with Crippen molar-refractivity contribution in [2.24, 2.45) is 0 Å². The zero-order chi connectivity index (χ0) is 16.4. The number of ether oxygens (including phenoxy) is 3. The maximum absolute atomic E-state index is 12.1. The Hall–Kier alpha value is -3.02. The summed E-state index contributed by atoms with van der Waals surface area (Å²) in [5.41, 5.74) is 1.21. The van der Waals surface area contributed by atoms with Crippen molar-refractivity contribution in [3.63, 3.8) is 0 Å². The number of benzene rings is 2. The van der Waals surface area contributed by atoms with Crippen LogP contribution in [-0.4, -0.2) is 30.3 Å². The third kappa shape index (κ3) is 3.11. The molecule has 0 amide bonds. The minimum absolute atomic E-state index is 0.00143. The first-order valence-corrected chi connectivity index (χ1v) is 6.94. The topological polar surface area (TPSA) is 82.1 Å². The van der Waals surface area contributed by atoms with Crippen LogP contribution in [0.5, 0.6) is 17.2 Å². The first-order valence-electron chi connectivity index (χ1n) is 6.94. The van der Waals surface area contributed by atoms with E-state index in [1.807, 2.05) is 0 Å². The SMILES string of the molecule is Cc1ccc(C(=O)OCC(=O)c2ccc3c(c2)OCO3)cc1O. The van der Waals surface area contributed by atoms with Crippen molar-refractivity contribution in [3.05, 3.63) is 53.1 Å². The fourth-order valence-corrected chi connectivity index (χ4v) is 2.10. The second kappa shape index (κ2) is 6.00. The number of carbonyl (C=O) groups is 2. The van der Waals surface area contributed by atoms with Gasteiger partial charge in [0.05, 0.1) is 5.56 Å². The Balaban J connectivity index is 1.64. The minimum atomic E-state index is -0.672. The summed E-state index contributed by atoms with van der Waals surface area (Å²) < 4.78 is 15.4. The van der Waals surface area contributed by atoms with Crippen molar-refractivity contribution < 1.29 is 28.9 Å². The Morgan fingerprint density at radius 3 is 2.61 bits per heavy atom. The summed E-state index contributed by atoms with van der Waals surface area (Å²) in [6, 6.07) is 9.21. The van der Waals surface area contributed by atoms with Gasteiger partial charge in [-0.2, -0.15) is 0 Å². The number of aryl methyl sites for hydroxylation is 1. The number of ketones is 1. The first kappa shape index (κ1) is 14.9. The van der Waals surface area contributed by atoms with E-state index in [1.54, 1.807) is 31.2 Å². The molecule has 2 aromatic rings. The van der Waals surface area contributed by atoms with Gasteiger partial charge in [-0.05, 0) is 42.8 Å². The fourth-order valence-electron chi connectivity index (χ4n) is 2.10. The molecular formula is C17H14O6. The van der Waals surface area contributed by atoms with Crippen LogP contribution in [0.15, 0.2) is 36.4 Å². The van der Waals surface area contributed by atoms with Gasteiger partial charge in [-0.25, -0.2) is 4.79 Å². The summed E-state index contributed by atoms with van der Waals surface area (Å²) in [6.45, 7) is 1.44. The molecule has 0 spiro atoms. The molecule has 1 aliphatic rings. The van der Waals surface area contributed by atoms with Crippen molar-refractivity contribution in [1.82, 2.24) is 0 Å². The third-order valence-electron chi connectivity index (χ3n) is 3.47. The van der Waals surface area contributed by atoms with Crippen LogP contribution in [0.1, 0.15) is 26.3 Å². The second-order valence-corrected chi connectivity index (χ2v) is 5.07. The zero-order valence-electron chi connectivity index (χ0n) is 12.4. The number of fused-ring (bicyclic) bond motifs is 1. The molecule has 0 atom stereocenters. The average molecular weight is 314 g/mol. The van der Waals surface area contributed by atoms with Gasteiger partial charge in [0.15, 0.2) is 23.9 Å². The molecular weight excluding hydrogens is 300 g/mol. The molecule has 0 radical (unpaired) electrons. The number of carbonyl (C=O) groups excluding carboxylic acids is 2. The van der Waals surface area contributed by atoms with Crippen molar-refractivity contribution >= 4 is 11.8 Å². The standard InChI is InChI=1S/C17H14O6/c1-10-2-3-12(6-13(10)18)17(20)21-8-14(19)11-4-5-15-16(7-11)23-9-22-15/h2-7,18H,8-9H2,1H3. The number of rotatable bonds is 4. The Kier molecular flexibility index (Phi) is 3.89. The van der Waals surface area contributed by atoms with E-state index in [1.165, 1.54) is 12.1 Å². The number of hydrogen-bond acceptors (Lipinski definition) is 6. The van der Waals surface area contributed by atoms with E-state index >= 15 is 0 Å². The predicted octanol–water partition coefficient (Wildman–Crippen LogP) is 2.47. The molecule has 0 fully saturated rings. The lowest BCUT2D eigenvalue weighted by Gasteiger charge is -2.06. The summed E-state index contributed by atoms with van der Waals surface area (Å²) in [5.74, 6) is 0.0447. The molecule has 0 unspecified atom stereocenters. The summed E-state index contributed by atoms with van der Waals surface area (Å²) in [6.07, 6.45) is 0. The molecule has 0 saturated carbocycles. The highest BCUT2D eigenvalue weighted by atomic mass is 16.7. The molecule has 0 saturated heterocycles. The lowest BCUT2D eigenvalue weighted by Crippen LogP contribution is -2.14. The van der Waals surface area contributed by atoms with Gasteiger partial charge < -0.3 is 19.3 Å². The fraction of sp³-hybridized carbons (Fsp3) is 0.176. The summed E-state index contributed by atoms with van der Waals surface area (Å²) >= 11 is 0. The summed E-state index contributed by atoms with van der Waals surface area (Å²) in [4.78, 5) is 24.0. The molecule has 1 N–H and O–H groups in total. The molecule has 0 aromatic heterocycles. The molecule has 6 nitrogen and oxygen atoms in total. The van der Waals surface area contributed by atoms with Crippen LogP contribution in [0.25, 0.3) is 0 Å². The molecule has 0 aliphatic carbocycles. The van der Waals surface area contributed by atoms with Crippen molar-refractivity contribution in [3.8, 4) is 17.2 Å². The number of phenols is 1. The third-order valence-corrected chi connectivity index (χ3v) is 3.47. The van der Waals surface area contributed by atoms with Gasteiger partial charge in [0.2, 0.25) is 6.79 Å². The Morgan fingerprint density at radius 2 is 1.83 bits per heavy atom. The maximum Gasteiger partial charge on any atom is 0.338 e. The lowest BCUT2D eigenvalue weighted by molar-refractivity contribution is 0.0474. The monoisotopic (exact) mass is 314 g/mol. The van der Waals surface area contributed by atoms with Crippen LogP contribution < -0.4 is 9.47 Å². The number of hydrogen-bond donors (Lipinski definition) is 1. The number of esters is 1. The van der Waals surface area contributed by atoms with E-state index in [0.29, 0.717) is 22.6 Å². The predicted molar refractivity (Wildman–Crippen MR) is 80.0 cm³/mol. The Bertz CT molecular complexity index is 781. The van der Waals surface area contributed by atoms with Gasteiger partial charge >= 0.3 is 5.97 Å². The normalized spacial score (nSPS) is 12.0. The Morgan fingerprint density at radius 1 is 1.09 bits per heavy atom. The first-order chi connectivity index (χ1) is 11.0. The van der Waals surface area contributed by atoms with Gasteiger partial charge in [-0.1, -0.05) is 6.07 Å². The molecule has 6 heteroatoms. The molecule has 2 aromatic carbocycles. The van der Waals surface area contributed by atoms with Crippen molar-refractivity contribution in [2.45, 2.75) is 6.92 Å². The van der Waals surface area contributed by atoms with E-state index < -0.39 is 12.6 Å². The number of aromatic hydroxyl groups is 1.